The van der Waals surface area contributed by atoms with Crippen molar-refractivity contribution in [2.45, 2.75) is 6.92 Å². The van der Waals surface area contributed by atoms with Gasteiger partial charge in [-0.3, -0.25) is 14.6 Å². The van der Waals surface area contributed by atoms with E-state index in [-0.39, 0.29) is 5.69 Å². The predicted octanol–water partition coefficient (Wildman–Crippen LogP) is 0.880. The normalized spacial score (nSPS) is 11.9. The molecule has 0 saturated heterocycles. The van der Waals surface area contributed by atoms with E-state index in [4.69, 9.17) is 5.11 Å². The average molecular weight is 212 g/mol. The monoisotopic (exact) mass is 212 g/mol. The Bertz CT molecular complexity index is 395. The third kappa shape index (κ3) is 2.73. The zero-order chi connectivity index (χ0) is 11.4. The van der Waals surface area contributed by atoms with E-state index in [1.54, 1.807) is 0 Å². The Balaban J connectivity index is 2.75. The molecule has 1 rings (SSSR count). The number of anilines is 1. The number of amides is 1. The highest BCUT2D eigenvalue weighted by Crippen LogP contribution is 2.12. The maximum atomic E-state index is 13.0. The van der Waals surface area contributed by atoms with E-state index in [1.807, 2.05) is 0 Å². The van der Waals surface area contributed by atoms with Crippen LogP contribution in [-0.4, -0.2) is 22.0 Å². The number of pyridine rings is 1. The first-order valence-corrected chi connectivity index (χ1v) is 4.15. The molecule has 6 heteroatoms. The van der Waals surface area contributed by atoms with Crippen molar-refractivity contribution in [1.82, 2.24) is 4.98 Å². The lowest BCUT2D eigenvalue weighted by atomic mass is 10.1. The van der Waals surface area contributed by atoms with Gasteiger partial charge in [-0.25, -0.2) is 4.39 Å². The molecular weight excluding hydrogens is 203 g/mol. The number of aromatic nitrogens is 1. The lowest BCUT2D eigenvalue weighted by molar-refractivity contribution is -0.144. The van der Waals surface area contributed by atoms with Gasteiger partial charge in [0.25, 0.3) is 0 Å². The highest BCUT2D eigenvalue weighted by Gasteiger charge is 2.21. The van der Waals surface area contributed by atoms with E-state index in [1.165, 1.54) is 19.2 Å². The van der Waals surface area contributed by atoms with Gasteiger partial charge in [0.15, 0.2) is 5.82 Å². The van der Waals surface area contributed by atoms with Crippen molar-refractivity contribution < 1.29 is 19.1 Å². The summed E-state index contributed by atoms with van der Waals surface area (Å²) in [5.74, 6) is -3.96. The maximum absolute atomic E-state index is 13.0. The van der Waals surface area contributed by atoms with Crippen molar-refractivity contribution in [2.24, 2.45) is 5.92 Å². The summed E-state index contributed by atoms with van der Waals surface area (Å²) >= 11 is 0. The standard InChI is InChI=1S/C9H9FN2O3/c1-5(9(14)15)8(13)12-7-2-3-11-4-6(7)10/h2-5H,1H3,(H,14,15)(H,11,12,13). The smallest absolute Gasteiger partial charge is 0.315 e. The SMILES string of the molecule is CC(C(=O)O)C(=O)Nc1ccncc1F. The largest absolute Gasteiger partial charge is 0.481 e. The van der Waals surface area contributed by atoms with Crippen LogP contribution in [0.15, 0.2) is 18.5 Å². The second-order valence-corrected chi connectivity index (χ2v) is 2.90. The van der Waals surface area contributed by atoms with Crippen molar-refractivity contribution in [3.63, 3.8) is 0 Å². The number of aliphatic carboxylic acids is 1. The highest BCUT2D eigenvalue weighted by atomic mass is 19.1. The summed E-state index contributed by atoms with van der Waals surface area (Å²) in [6.07, 6.45) is 2.23. The van der Waals surface area contributed by atoms with Gasteiger partial charge in [-0.1, -0.05) is 0 Å². The summed E-state index contributed by atoms with van der Waals surface area (Å²) in [6.45, 7) is 1.22. The lowest BCUT2D eigenvalue weighted by Gasteiger charge is -2.08. The Kier molecular flexibility index (Phi) is 3.33. The third-order valence-corrected chi connectivity index (χ3v) is 1.79. The van der Waals surface area contributed by atoms with Crippen LogP contribution in [0, 0.1) is 11.7 Å². The molecule has 80 valence electrons. The number of hydrogen-bond acceptors (Lipinski definition) is 3. The number of carboxylic acid groups (broad SMARTS) is 1. The number of carbonyl (C=O) groups is 2. The number of rotatable bonds is 3. The van der Waals surface area contributed by atoms with Crippen LogP contribution in [0.5, 0.6) is 0 Å². The van der Waals surface area contributed by atoms with E-state index in [0.29, 0.717) is 0 Å². The molecular formula is C9H9FN2O3. The fourth-order valence-corrected chi connectivity index (χ4v) is 0.830. The van der Waals surface area contributed by atoms with Crippen LogP contribution in [0.1, 0.15) is 6.92 Å². The van der Waals surface area contributed by atoms with Crippen molar-refractivity contribution in [1.29, 1.82) is 0 Å². The molecule has 0 bridgehead atoms. The van der Waals surface area contributed by atoms with Crippen molar-refractivity contribution in [3.8, 4) is 0 Å². The summed E-state index contributed by atoms with van der Waals surface area (Å²) in [6, 6.07) is 1.25. The van der Waals surface area contributed by atoms with E-state index in [0.717, 1.165) is 6.20 Å². The van der Waals surface area contributed by atoms with Crippen LogP contribution in [0.3, 0.4) is 0 Å². The van der Waals surface area contributed by atoms with Gasteiger partial charge in [-0.15, -0.1) is 0 Å². The minimum atomic E-state index is -1.26. The van der Waals surface area contributed by atoms with Gasteiger partial charge in [0.05, 0.1) is 11.9 Å². The molecule has 0 aliphatic carbocycles. The van der Waals surface area contributed by atoms with E-state index < -0.39 is 23.6 Å². The van der Waals surface area contributed by atoms with E-state index in [2.05, 4.69) is 10.3 Å². The molecule has 1 heterocycles. The Morgan fingerprint density at radius 3 is 2.80 bits per heavy atom. The molecule has 0 spiro atoms. The van der Waals surface area contributed by atoms with Crippen LogP contribution < -0.4 is 5.32 Å². The van der Waals surface area contributed by atoms with E-state index >= 15 is 0 Å². The van der Waals surface area contributed by atoms with Crippen LogP contribution in [0.4, 0.5) is 10.1 Å². The highest BCUT2D eigenvalue weighted by molar-refractivity contribution is 6.03. The minimum Gasteiger partial charge on any atom is -0.481 e. The zero-order valence-electron chi connectivity index (χ0n) is 7.90. The van der Waals surface area contributed by atoms with Gasteiger partial charge < -0.3 is 10.4 Å². The minimum absolute atomic E-state index is 0.0805. The van der Waals surface area contributed by atoms with Gasteiger partial charge in [0.2, 0.25) is 5.91 Å². The van der Waals surface area contributed by atoms with Crippen LogP contribution in [-0.2, 0) is 9.59 Å². The molecule has 1 amide bonds. The van der Waals surface area contributed by atoms with Crippen LogP contribution >= 0.6 is 0 Å². The third-order valence-electron chi connectivity index (χ3n) is 1.79. The molecule has 0 aliphatic rings. The molecule has 1 unspecified atom stereocenters. The molecule has 1 aromatic rings. The number of nitrogens with zero attached hydrogens (tertiary/aromatic N) is 1. The summed E-state index contributed by atoms with van der Waals surface area (Å²) in [4.78, 5) is 25.2. The Labute approximate surface area is 84.9 Å². The topological polar surface area (TPSA) is 79.3 Å². The summed E-state index contributed by atoms with van der Waals surface area (Å²) in [5, 5.41) is 10.7. The maximum Gasteiger partial charge on any atom is 0.315 e. The molecule has 5 nitrogen and oxygen atoms in total. The fourth-order valence-electron chi connectivity index (χ4n) is 0.830. The molecule has 15 heavy (non-hydrogen) atoms. The predicted molar refractivity (Wildman–Crippen MR) is 49.6 cm³/mol. The van der Waals surface area contributed by atoms with Gasteiger partial charge >= 0.3 is 5.97 Å². The van der Waals surface area contributed by atoms with E-state index in [9.17, 15) is 14.0 Å². The zero-order valence-corrected chi connectivity index (χ0v) is 7.90. The fraction of sp³-hybridized carbons (Fsp3) is 0.222. The molecule has 0 aliphatic heterocycles. The number of nitrogens with one attached hydrogen (secondary N) is 1. The first kappa shape index (κ1) is 11.1. The molecule has 0 fully saturated rings. The molecule has 2 N–H and O–H groups in total. The van der Waals surface area contributed by atoms with Crippen molar-refractivity contribution >= 4 is 17.6 Å². The quantitative estimate of drug-likeness (QED) is 0.729. The van der Waals surface area contributed by atoms with Gasteiger partial charge in [0.1, 0.15) is 5.92 Å². The summed E-state index contributed by atoms with van der Waals surface area (Å²) in [5.41, 5.74) is -0.0805. The summed E-state index contributed by atoms with van der Waals surface area (Å²) in [7, 11) is 0. The van der Waals surface area contributed by atoms with Gasteiger partial charge in [0, 0.05) is 6.20 Å². The number of carbonyl (C=O) groups excluding carboxylic acids is 1. The second-order valence-electron chi connectivity index (χ2n) is 2.90. The molecule has 0 radical (unpaired) electrons. The van der Waals surface area contributed by atoms with Crippen molar-refractivity contribution in [2.75, 3.05) is 5.32 Å². The lowest BCUT2D eigenvalue weighted by Crippen LogP contribution is -2.27. The first-order chi connectivity index (χ1) is 7.02. The van der Waals surface area contributed by atoms with Crippen molar-refractivity contribution in [3.05, 3.63) is 24.3 Å². The Hall–Kier alpha value is -1.98. The number of hydrogen-bond donors (Lipinski definition) is 2. The molecule has 1 aromatic heterocycles. The van der Waals surface area contributed by atoms with Gasteiger partial charge in [-0.05, 0) is 13.0 Å². The second kappa shape index (κ2) is 4.50. The Morgan fingerprint density at radius 2 is 2.27 bits per heavy atom. The number of carboxylic acids is 1. The molecule has 0 aromatic carbocycles. The Morgan fingerprint density at radius 1 is 1.60 bits per heavy atom. The van der Waals surface area contributed by atoms with Gasteiger partial charge in [-0.2, -0.15) is 0 Å². The number of halogens is 1. The molecule has 0 saturated carbocycles. The average Bonchev–Trinajstić information content (AvgIpc) is 2.20. The summed E-state index contributed by atoms with van der Waals surface area (Å²) < 4.78 is 13.0. The molecule has 1 atom stereocenters. The first-order valence-electron chi connectivity index (χ1n) is 4.15. The van der Waals surface area contributed by atoms with Crippen LogP contribution in [0.2, 0.25) is 0 Å². The van der Waals surface area contributed by atoms with Crippen LogP contribution in [0.25, 0.3) is 0 Å².